The molecule has 0 saturated heterocycles. The van der Waals surface area contributed by atoms with Crippen molar-refractivity contribution < 1.29 is 9.53 Å². The number of ether oxygens (including phenoxy) is 1. The quantitative estimate of drug-likeness (QED) is 0.737. The van der Waals surface area contributed by atoms with E-state index in [9.17, 15) is 4.79 Å². The zero-order chi connectivity index (χ0) is 10.8. The molecular weight excluding hydrogens is 194 g/mol. The van der Waals surface area contributed by atoms with Crippen molar-refractivity contribution in [2.75, 3.05) is 12.3 Å². The number of nitrogens with zero attached hydrogens (tertiary/aromatic N) is 2. The summed E-state index contributed by atoms with van der Waals surface area (Å²) in [5.74, 6) is -0.420. The molecule has 15 heavy (non-hydrogen) atoms. The van der Waals surface area contributed by atoms with Crippen molar-refractivity contribution in [1.29, 1.82) is 0 Å². The van der Waals surface area contributed by atoms with E-state index in [1.807, 2.05) is 4.68 Å². The van der Waals surface area contributed by atoms with E-state index in [0.29, 0.717) is 12.3 Å². The maximum Gasteiger partial charge on any atom is 0.361 e. The Morgan fingerprint density at radius 3 is 3.07 bits per heavy atom. The number of nitrogen functional groups attached to an aromatic ring is 1. The zero-order valence-corrected chi connectivity index (χ0v) is 8.82. The predicted molar refractivity (Wildman–Crippen MR) is 55.5 cm³/mol. The van der Waals surface area contributed by atoms with Gasteiger partial charge in [0.2, 0.25) is 0 Å². The highest BCUT2D eigenvalue weighted by molar-refractivity contribution is 5.93. The van der Waals surface area contributed by atoms with Crippen LogP contribution in [0.4, 0.5) is 5.69 Å². The lowest BCUT2D eigenvalue weighted by Crippen LogP contribution is -2.12. The Bertz CT molecular complexity index is 384. The van der Waals surface area contributed by atoms with E-state index in [-0.39, 0.29) is 5.69 Å². The molecule has 0 unspecified atom stereocenters. The van der Waals surface area contributed by atoms with Crippen LogP contribution in [-0.2, 0) is 17.7 Å². The van der Waals surface area contributed by atoms with E-state index in [1.54, 1.807) is 6.92 Å². The lowest BCUT2D eigenvalue weighted by Gasteiger charge is -2.12. The second kappa shape index (κ2) is 3.92. The lowest BCUT2D eigenvalue weighted by molar-refractivity contribution is 0.0519. The van der Waals surface area contributed by atoms with Crippen LogP contribution in [0.2, 0.25) is 0 Å². The fraction of sp³-hybridized carbons (Fsp3) is 0.600. The van der Waals surface area contributed by atoms with Crippen LogP contribution in [0, 0.1) is 0 Å². The third-order valence-electron chi connectivity index (χ3n) is 2.60. The first kappa shape index (κ1) is 10.0. The molecule has 5 nitrogen and oxygen atoms in total. The van der Waals surface area contributed by atoms with Crippen LogP contribution in [0.25, 0.3) is 0 Å². The van der Waals surface area contributed by atoms with Gasteiger partial charge in [0.1, 0.15) is 0 Å². The van der Waals surface area contributed by atoms with Gasteiger partial charge in [0.15, 0.2) is 5.69 Å². The molecule has 82 valence electrons. The zero-order valence-electron chi connectivity index (χ0n) is 8.82. The molecule has 0 atom stereocenters. The molecule has 5 heteroatoms. The number of anilines is 1. The number of hydrogen-bond donors (Lipinski definition) is 1. The third kappa shape index (κ3) is 1.69. The minimum absolute atomic E-state index is 0.272. The minimum Gasteiger partial charge on any atom is -0.461 e. The van der Waals surface area contributed by atoms with E-state index in [2.05, 4.69) is 5.10 Å². The van der Waals surface area contributed by atoms with Crippen LogP contribution in [0.5, 0.6) is 0 Å². The Balaban J connectivity index is 2.32. The molecule has 1 aliphatic rings. The van der Waals surface area contributed by atoms with E-state index < -0.39 is 5.97 Å². The van der Waals surface area contributed by atoms with Gasteiger partial charge in [-0.05, 0) is 26.2 Å². The molecule has 0 aromatic carbocycles. The van der Waals surface area contributed by atoms with Crippen LogP contribution in [0.15, 0.2) is 0 Å². The Morgan fingerprint density at radius 2 is 2.40 bits per heavy atom. The van der Waals surface area contributed by atoms with Gasteiger partial charge in [0.05, 0.1) is 18.0 Å². The third-order valence-corrected chi connectivity index (χ3v) is 2.60. The van der Waals surface area contributed by atoms with Crippen molar-refractivity contribution in [2.24, 2.45) is 0 Å². The first-order valence-electron chi connectivity index (χ1n) is 5.26. The highest BCUT2D eigenvalue weighted by Crippen LogP contribution is 2.23. The molecule has 2 heterocycles. The van der Waals surface area contributed by atoms with Gasteiger partial charge in [-0.2, -0.15) is 5.10 Å². The summed E-state index contributed by atoms with van der Waals surface area (Å²) in [6, 6.07) is 0. The number of hydrogen-bond acceptors (Lipinski definition) is 4. The summed E-state index contributed by atoms with van der Waals surface area (Å²) in [4.78, 5) is 11.5. The summed E-state index contributed by atoms with van der Waals surface area (Å²) in [6.45, 7) is 2.96. The van der Waals surface area contributed by atoms with Gasteiger partial charge in [-0.3, -0.25) is 4.68 Å². The van der Waals surface area contributed by atoms with Gasteiger partial charge in [0, 0.05) is 6.54 Å². The number of fused-ring (bicyclic) bond motifs is 1. The molecule has 0 aliphatic carbocycles. The molecule has 0 amide bonds. The largest absolute Gasteiger partial charge is 0.461 e. The molecule has 1 aromatic heterocycles. The van der Waals surface area contributed by atoms with E-state index >= 15 is 0 Å². The normalized spacial score (nSPS) is 14.7. The smallest absolute Gasteiger partial charge is 0.361 e. The Hall–Kier alpha value is -1.52. The summed E-state index contributed by atoms with van der Waals surface area (Å²) in [6.07, 6.45) is 3.10. The first-order valence-corrected chi connectivity index (χ1v) is 5.26. The van der Waals surface area contributed by atoms with Crippen LogP contribution in [0.1, 0.15) is 35.9 Å². The maximum absolute atomic E-state index is 11.5. The minimum atomic E-state index is -0.420. The van der Waals surface area contributed by atoms with Gasteiger partial charge >= 0.3 is 5.97 Å². The SMILES string of the molecule is CCOC(=O)c1nn2c(c1N)CCCC2. The summed E-state index contributed by atoms with van der Waals surface area (Å²) in [7, 11) is 0. The summed E-state index contributed by atoms with van der Waals surface area (Å²) >= 11 is 0. The molecule has 1 aliphatic heterocycles. The monoisotopic (exact) mass is 209 g/mol. The van der Waals surface area contributed by atoms with Crippen LogP contribution in [0.3, 0.4) is 0 Å². The van der Waals surface area contributed by atoms with Gasteiger partial charge in [-0.15, -0.1) is 0 Å². The second-order valence-electron chi connectivity index (χ2n) is 3.61. The summed E-state index contributed by atoms with van der Waals surface area (Å²) < 4.78 is 6.72. The molecule has 2 N–H and O–H groups in total. The number of nitrogens with two attached hydrogens (primary N) is 1. The number of carbonyl (C=O) groups is 1. The number of rotatable bonds is 2. The van der Waals surface area contributed by atoms with Crippen molar-refractivity contribution in [2.45, 2.75) is 32.7 Å². The number of esters is 1. The molecular formula is C10H15N3O2. The Labute approximate surface area is 88.2 Å². The average molecular weight is 209 g/mol. The first-order chi connectivity index (χ1) is 7.24. The van der Waals surface area contributed by atoms with Gasteiger partial charge < -0.3 is 10.5 Å². The van der Waals surface area contributed by atoms with Crippen LogP contribution in [-0.4, -0.2) is 22.4 Å². The van der Waals surface area contributed by atoms with E-state index in [0.717, 1.165) is 31.5 Å². The molecule has 0 fully saturated rings. The molecule has 0 radical (unpaired) electrons. The average Bonchev–Trinajstić information content (AvgIpc) is 2.57. The highest BCUT2D eigenvalue weighted by Gasteiger charge is 2.23. The number of aryl methyl sites for hydroxylation is 1. The van der Waals surface area contributed by atoms with Crippen LogP contribution < -0.4 is 5.73 Å². The second-order valence-corrected chi connectivity index (χ2v) is 3.61. The van der Waals surface area contributed by atoms with E-state index in [1.165, 1.54) is 0 Å². The summed E-state index contributed by atoms with van der Waals surface area (Å²) in [5, 5.41) is 4.19. The number of aromatic nitrogens is 2. The van der Waals surface area contributed by atoms with E-state index in [4.69, 9.17) is 10.5 Å². The summed E-state index contributed by atoms with van der Waals surface area (Å²) in [5.41, 5.74) is 7.61. The topological polar surface area (TPSA) is 70.1 Å². The predicted octanol–water partition coefficient (Wildman–Crippen LogP) is 0.978. The fourth-order valence-electron chi connectivity index (χ4n) is 1.86. The molecule has 0 saturated carbocycles. The van der Waals surface area contributed by atoms with Gasteiger partial charge in [0.25, 0.3) is 0 Å². The standard InChI is InChI=1S/C10H15N3O2/c1-2-15-10(14)9-8(11)7-5-3-4-6-13(7)12-9/h2-6,11H2,1H3. The maximum atomic E-state index is 11.5. The van der Waals surface area contributed by atoms with Crippen molar-refractivity contribution in [3.8, 4) is 0 Å². The Morgan fingerprint density at radius 1 is 1.60 bits per heavy atom. The van der Waals surface area contributed by atoms with Gasteiger partial charge in [-0.25, -0.2) is 4.79 Å². The Kier molecular flexibility index (Phi) is 2.62. The molecule has 2 rings (SSSR count). The molecule has 0 spiro atoms. The van der Waals surface area contributed by atoms with Crippen molar-refractivity contribution in [3.63, 3.8) is 0 Å². The fourth-order valence-corrected chi connectivity index (χ4v) is 1.86. The van der Waals surface area contributed by atoms with Crippen molar-refractivity contribution >= 4 is 11.7 Å². The number of carbonyl (C=O) groups excluding carboxylic acids is 1. The van der Waals surface area contributed by atoms with Crippen molar-refractivity contribution in [3.05, 3.63) is 11.4 Å². The van der Waals surface area contributed by atoms with Gasteiger partial charge in [-0.1, -0.05) is 0 Å². The van der Waals surface area contributed by atoms with Crippen LogP contribution >= 0.6 is 0 Å². The highest BCUT2D eigenvalue weighted by atomic mass is 16.5. The van der Waals surface area contributed by atoms with Crippen molar-refractivity contribution in [1.82, 2.24) is 9.78 Å². The molecule has 0 bridgehead atoms. The molecule has 1 aromatic rings. The lowest BCUT2D eigenvalue weighted by atomic mass is 10.1.